The van der Waals surface area contributed by atoms with E-state index in [1.54, 1.807) is 0 Å². The van der Waals surface area contributed by atoms with Gasteiger partial charge in [0.25, 0.3) is 0 Å². The topological polar surface area (TPSA) is 32.3 Å². The second-order valence-corrected chi connectivity index (χ2v) is 3.51. The van der Waals surface area contributed by atoms with Gasteiger partial charge < -0.3 is 10.4 Å². The van der Waals surface area contributed by atoms with Crippen LogP contribution in [0.25, 0.3) is 0 Å². The second kappa shape index (κ2) is 9.01. The maximum Gasteiger partial charge on any atom is 0.0555 e. The van der Waals surface area contributed by atoms with E-state index in [1.807, 2.05) is 0 Å². The SMILES string of the molecule is CCCCC(C)CCNCCO. The Morgan fingerprint density at radius 2 is 2.00 bits per heavy atom. The van der Waals surface area contributed by atoms with Crippen LogP contribution in [0.1, 0.15) is 39.5 Å². The maximum atomic E-state index is 8.51. The van der Waals surface area contributed by atoms with Gasteiger partial charge in [-0.2, -0.15) is 0 Å². The summed E-state index contributed by atoms with van der Waals surface area (Å²) in [7, 11) is 0. The smallest absolute Gasteiger partial charge is 0.0555 e. The molecule has 0 saturated heterocycles. The largest absolute Gasteiger partial charge is 0.395 e. The number of unbranched alkanes of at least 4 members (excludes halogenated alkanes) is 1. The van der Waals surface area contributed by atoms with Gasteiger partial charge in [-0.1, -0.05) is 33.1 Å². The third kappa shape index (κ3) is 8.02. The van der Waals surface area contributed by atoms with Crippen molar-refractivity contribution < 1.29 is 5.11 Å². The van der Waals surface area contributed by atoms with Gasteiger partial charge in [0.2, 0.25) is 0 Å². The van der Waals surface area contributed by atoms with E-state index in [9.17, 15) is 0 Å². The molecule has 0 aliphatic heterocycles. The minimum absolute atomic E-state index is 0.253. The predicted octanol–water partition coefficient (Wildman–Crippen LogP) is 1.78. The Morgan fingerprint density at radius 3 is 2.58 bits per heavy atom. The molecule has 0 aliphatic carbocycles. The monoisotopic (exact) mass is 173 g/mol. The number of aliphatic hydroxyl groups is 1. The molecule has 0 aromatic heterocycles. The zero-order chi connectivity index (χ0) is 9.23. The normalized spacial score (nSPS) is 13.2. The van der Waals surface area contributed by atoms with Crippen molar-refractivity contribution in [3.63, 3.8) is 0 Å². The quantitative estimate of drug-likeness (QED) is 0.548. The van der Waals surface area contributed by atoms with Gasteiger partial charge in [-0.25, -0.2) is 0 Å². The molecule has 0 fully saturated rings. The summed E-state index contributed by atoms with van der Waals surface area (Å²) >= 11 is 0. The van der Waals surface area contributed by atoms with Gasteiger partial charge in [-0.15, -0.1) is 0 Å². The Hall–Kier alpha value is -0.0800. The highest BCUT2D eigenvalue weighted by Crippen LogP contribution is 2.10. The molecule has 1 unspecified atom stereocenters. The molecule has 74 valence electrons. The molecule has 12 heavy (non-hydrogen) atoms. The van der Waals surface area contributed by atoms with E-state index in [2.05, 4.69) is 19.2 Å². The molecule has 0 aromatic carbocycles. The molecule has 2 nitrogen and oxygen atoms in total. The first-order chi connectivity index (χ1) is 5.81. The van der Waals surface area contributed by atoms with Crippen LogP contribution in [0.3, 0.4) is 0 Å². The Bertz CT molecular complexity index is 85.9. The fourth-order valence-electron chi connectivity index (χ4n) is 1.25. The number of hydrogen-bond donors (Lipinski definition) is 2. The molecule has 0 spiro atoms. The lowest BCUT2D eigenvalue weighted by molar-refractivity contribution is 0.290. The first-order valence-corrected chi connectivity index (χ1v) is 5.12. The molecule has 0 saturated carbocycles. The van der Waals surface area contributed by atoms with Crippen molar-refractivity contribution in [2.45, 2.75) is 39.5 Å². The first kappa shape index (κ1) is 11.9. The average Bonchev–Trinajstić information content (AvgIpc) is 2.09. The molecule has 0 bridgehead atoms. The molecule has 0 aromatic rings. The summed E-state index contributed by atoms with van der Waals surface area (Å²) in [6.07, 6.45) is 5.23. The highest BCUT2D eigenvalue weighted by Gasteiger charge is 1.99. The fraction of sp³-hybridized carbons (Fsp3) is 1.00. The van der Waals surface area contributed by atoms with Crippen molar-refractivity contribution in [3.05, 3.63) is 0 Å². The third-order valence-corrected chi connectivity index (χ3v) is 2.15. The van der Waals surface area contributed by atoms with Gasteiger partial charge in [0, 0.05) is 6.54 Å². The zero-order valence-electron chi connectivity index (χ0n) is 8.47. The molecule has 1 atom stereocenters. The molecule has 0 amide bonds. The van der Waals surface area contributed by atoms with Crippen LogP contribution in [0, 0.1) is 5.92 Å². The minimum Gasteiger partial charge on any atom is -0.395 e. The highest BCUT2D eigenvalue weighted by atomic mass is 16.3. The van der Waals surface area contributed by atoms with Crippen LogP contribution in [-0.4, -0.2) is 24.8 Å². The average molecular weight is 173 g/mol. The zero-order valence-corrected chi connectivity index (χ0v) is 8.47. The Labute approximate surface area is 76.4 Å². The van der Waals surface area contributed by atoms with Crippen LogP contribution in [0.2, 0.25) is 0 Å². The lowest BCUT2D eigenvalue weighted by Crippen LogP contribution is -2.20. The van der Waals surface area contributed by atoms with E-state index < -0.39 is 0 Å². The summed E-state index contributed by atoms with van der Waals surface area (Å²) < 4.78 is 0. The maximum absolute atomic E-state index is 8.51. The first-order valence-electron chi connectivity index (χ1n) is 5.12. The van der Waals surface area contributed by atoms with Gasteiger partial charge in [-0.05, 0) is 18.9 Å². The summed E-state index contributed by atoms with van der Waals surface area (Å²) in [5.41, 5.74) is 0. The van der Waals surface area contributed by atoms with Crippen LogP contribution >= 0.6 is 0 Å². The molecule has 0 heterocycles. The molecule has 2 heteroatoms. The number of nitrogens with one attached hydrogen (secondary N) is 1. The van der Waals surface area contributed by atoms with E-state index in [0.717, 1.165) is 19.0 Å². The highest BCUT2D eigenvalue weighted by molar-refractivity contribution is 4.55. The standard InChI is InChI=1S/C10H23NO/c1-3-4-5-10(2)6-7-11-8-9-12/h10-12H,3-9H2,1-2H3. The number of hydrogen-bond acceptors (Lipinski definition) is 2. The van der Waals surface area contributed by atoms with E-state index in [-0.39, 0.29) is 6.61 Å². The lowest BCUT2D eigenvalue weighted by atomic mass is 10.0. The van der Waals surface area contributed by atoms with E-state index in [4.69, 9.17) is 5.11 Å². The minimum atomic E-state index is 0.253. The van der Waals surface area contributed by atoms with E-state index in [1.165, 1.54) is 25.7 Å². The summed E-state index contributed by atoms with van der Waals surface area (Å²) in [4.78, 5) is 0. The Balaban J connectivity index is 3.02. The van der Waals surface area contributed by atoms with Gasteiger partial charge >= 0.3 is 0 Å². The molecular weight excluding hydrogens is 150 g/mol. The van der Waals surface area contributed by atoms with Gasteiger partial charge in [0.15, 0.2) is 0 Å². The van der Waals surface area contributed by atoms with E-state index >= 15 is 0 Å². The van der Waals surface area contributed by atoms with Gasteiger partial charge in [0.05, 0.1) is 6.61 Å². The molecule has 0 rings (SSSR count). The molecule has 0 aliphatic rings. The van der Waals surface area contributed by atoms with Crippen LogP contribution in [-0.2, 0) is 0 Å². The van der Waals surface area contributed by atoms with Gasteiger partial charge in [-0.3, -0.25) is 0 Å². The lowest BCUT2D eigenvalue weighted by Gasteiger charge is -2.10. The van der Waals surface area contributed by atoms with Crippen molar-refractivity contribution >= 4 is 0 Å². The molecular formula is C10H23NO. The van der Waals surface area contributed by atoms with Crippen molar-refractivity contribution in [2.24, 2.45) is 5.92 Å². The summed E-state index contributed by atoms with van der Waals surface area (Å²) in [5, 5.41) is 11.7. The van der Waals surface area contributed by atoms with Crippen molar-refractivity contribution in [3.8, 4) is 0 Å². The van der Waals surface area contributed by atoms with Crippen molar-refractivity contribution in [1.82, 2.24) is 5.32 Å². The van der Waals surface area contributed by atoms with Gasteiger partial charge in [0.1, 0.15) is 0 Å². The predicted molar refractivity (Wildman–Crippen MR) is 53.3 cm³/mol. The Morgan fingerprint density at radius 1 is 1.25 bits per heavy atom. The third-order valence-electron chi connectivity index (χ3n) is 2.15. The van der Waals surface area contributed by atoms with Crippen LogP contribution < -0.4 is 5.32 Å². The summed E-state index contributed by atoms with van der Waals surface area (Å²) in [5.74, 6) is 0.830. The Kier molecular flexibility index (Phi) is 8.95. The second-order valence-electron chi connectivity index (χ2n) is 3.51. The molecule has 0 radical (unpaired) electrons. The summed E-state index contributed by atoms with van der Waals surface area (Å²) in [6.45, 7) is 6.57. The molecule has 2 N–H and O–H groups in total. The van der Waals surface area contributed by atoms with E-state index in [0.29, 0.717) is 0 Å². The van der Waals surface area contributed by atoms with Crippen molar-refractivity contribution in [2.75, 3.05) is 19.7 Å². The number of aliphatic hydroxyl groups excluding tert-OH is 1. The van der Waals surface area contributed by atoms with Crippen LogP contribution in [0.4, 0.5) is 0 Å². The van der Waals surface area contributed by atoms with Crippen LogP contribution in [0.5, 0.6) is 0 Å². The van der Waals surface area contributed by atoms with Crippen molar-refractivity contribution in [1.29, 1.82) is 0 Å². The summed E-state index contributed by atoms with van der Waals surface area (Å²) in [6, 6.07) is 0. The van der Waals surface area contributed by atoms with Crippen LogP contribution in [0.15, 0.2) is 0 Å². The number of rotatable bonds is 8. The fourth-order valence-corrected chi connectivity index (χ4v) is 1.25.